The Bertz CT molecular complexity index is 386. The summed E-state index contributed by atoms with van der Waals surface area (Å²) in [5.74, 6) is 0.958. The fourth-order valence-electron chi connectivity index (χ4n) is 2.63. The van der Waals surface area contributed by atoms with Gasteiger partial charge in [-0.05, 0) is 49.0 Å². The molecule has 0 radical (unpaired) electrons. The van der Waals surface area contributed by atoms with E-state index in [1.807, 2.05) is 12.1 Å². The fraction of sp³-hybridized carbons (Fsp3) is 0.625. The van der Waals surface area contributed by atoms with Crippen LogP contribution in [-0.4, -0.2) is 37.7 Å². The highest BCUT2D eigenvalue weighted by Gasteiger charge is 2.28. The second-order valence-corrected chi connectivity index (χ2v) is 6.22. The van der Waals surface area contributed by atoms with Crippen LogP contribution in [0.2, 0.25) is 0 Å². The molecule has 1 aliphatic rings. The van der Waals surface area contributed by atoms with Crippen molar-refractivity contribution in [1.29, 1.82) is 0 Å². The van der Waals surface area contributed by atoms with Gasteiger partial charge in [0.1, 0.15) is 12.4 Å². The van der Waals surface area contributed by atoms with Gasteiger partial charge in [-0.25, -0.2) is 0 Å². The molecule has 0 saturated carbocycles. The third kappa shape index (κ3) is 4.51. The first-order chi connectivity index (χ1) is 9.09. The minimum absolute atomic E-state index is 0.476. The van der Waals surface area contributed by atoms with E-state index in [4.69, 9.17) is 10.5 Å². The lowest BCUT2D eigenvalue weighted by Crippen LogP contribution is -2.27. The lowest BCUT2D eigenvalue weighted by molar-refractivity contribution is 0.222. The van der Waals surface area contributed by atoms with Crippen LogP contribution in [0.4, 0.5) is 0 Å². The van der Waals surface area contributed by atoms with Crippen molar-refractivity contribution >= 4 is 0 Å². The van der Waals surface area contributed by atoms with Gasteiger partial charge in [0.25, 0.3) is 0 Å². The minimum Gasteiger partial charge on any atom is -0.492 e. The maximum absolute atomic E-state index is 5.80. The van der Waals surface area contributed by atoms with Crippen LogP contribution in [0.1, 0.15) is 25.8 Å². The van der Waals surface area contributed by atoms with E-state index in [2.05, 4.69) is 30.9 Å². The van der Waals surface area contributed by atoms with E-state index in [9.17, 15) is 0 Å². The van der Waals surface area contributed by atoms with Gasteiger partial charge in [-0.15, -0.1) is 0 Å². The SMILES string of the molecule is CC1(C)CCN(CCOc2ccc(CCN)cc2)C1. The quantitative estimate of drug-likeness (QED) is 0.855. The molecule has 2 rings (SSSR count). The highest BCUT2D eigenvalue weighted by atomic mass is 16.5. The second kappa shape index (κ2) is 6.40. The van der Waals surface area contributed by atoms with Gasteiger partial charge in [0.05, 0.1) is 0 Å². The van der Waals surface area contributed by atoms with Crippen molar-refractivity contribution in [2.24, 2.45) is 11.1 Å². The molecule has 106 valence electrons. The molecular weight excluding hydrogens is 236 g/mol. The highest BCUT2D eigenvalue weighted by molar-refractivity contribution is 5.27. The minimum atomic E-state index is 0.476. The molecule has 1 aliphatic heterocycles. The van der Waals surface area contributed by atoms with Gasteiger partial charge in [-0.3, -0.25) is 4.90 Å². The van der Waals surface area contributed by atoms with Crippen LogP contribution in [0.3, 0.4) is 0 Å². The first-order valence-corrected chi connectivity index (χ1v) is 7.23. The predicted molar refractivity (Wildman–Crippen MR) is 79.5 cm³/mol. The number of ether oxygens (including phenoxy) is 1. The maximum Gasteiger partial charge on any atom is 0.119 e. The molecule has 3 heteroatoms. The Morgan fingerprint density at radius 3 is 2.58 bits per heavy atom. The monoisotopic (exact) mass is 262 g/mol. The number of benzene rings is 1. The van der Waals surface area contributed by atoms with Crippen LogP contribution in [0.25, 0.3) is 0 Å². The van der Waals surface area contributed by atoms with E-state index in [1.54, 1.807) is 0 Å². The number of nitrogens with two attached hydrogens (primary N) is 1. The summed E-state index contributed by atoms with van der Waals surface area (Å²) in [6.07, 6.45) is 2.23. The van der Waals surface area contributed by atoms with E-state index in [0.29, 0.717) is 12.0 Å². The largest absolute Gasteiger partial charge is 0.492 e. The molecule has 1 aromatic rings. The fourth-order valence-corrected chi connectivity index (χ4v) is 2.63. The molecule has 1 fully saturated rings. The third-order valence-corrected chi connectivity index (χ3v) is 3.79. The normalized spacial score (nSPS) is 18.7. The topological polar surface area (TPSA) is 38.5 Å². The summed E-state index contributed by atoms with van der Waals surface area (Å²) in [7, 11) is 0. The molecule has 1 heterocycles. The van der Waals surface area contributed by atoms with Gasteiger partial charge in [0.15, 0.2) is 0 Å². The lowest BCUT2D eigenvalue weighted by atomic mass is 9.93. The van der Waals surface area contributed by atoms with Crippen LogP contribution >= 0.6 is 0 Å². The zero-order chi connectivity index (χ0) is 13.7. The molecule has 0 aromatic heterocycles. The van der Waals surface area contributed by atoms with Gasteiger partial charge in [-0.2, -0.15) is 0 Å². The first kappa shape index (κ1) is 14.4. The average molecular weight is 262 g/mol. The Morgan fingerprint density at radius 1 is 1.26 bits per heavy atom. The Kier molecular flexibility index (Phi) is 4.83. The first-order valence-electron chi connectivity index (χ1n) is 7.23. The molecule has 1 saturated heterocycles. The molecule has 0 bridgehead atoms. The molecule has 1 aromatic carbocycles. The number of hydrogen-bond acceptors (Lipinski definition) is 3. The second-order valence-electron chi connectivity index (χ2n) is 6.22. The van der Waals surface area contributed by atoms with Gasteiger partial charge in [-0.1, -0.05) is 26.0 Å². The predicted octanol–water partition coefficient (Wildman–Crippen LogP) is 2.30. The molecule has 0 spiro atoms. The van der Waals surface area contributed by atoms with E-state index in [0.717, 1.165) is 25.3 Å². The Labute approximate surface area is 116 Å². The summed E-state index contributed by atoms with van der Waals surface area (Å²) < 4.78 is 5.80. The van der Waals surface area contributed by atoms with E-state index >= 15 is 0 Å². The number of likely N-dealkylation sites (tertiary alicyclic amines) is 1. The van der Waals surface area contributed by atoms with Crippen molar-refractivity contribution in [2.75, 3.05) is 32.8 Å². The Balaban J connectivity index is 1.71. The lowest BCUT2D eigenvalue weighted by Gasteiger charge is -2.19. The maximum atomic E-state index is 5.80. The van der Waals surface area contributed by atoms with Crippen molar-refractivity contribution in [3.63, 3.8) is 0 Å². The molecule has 0 atom stereocenters. The summed E-state index contributed by atoms with van der Waals surface area (Å²) in [4.78, 5) is 2.49. The summed E-state index contributed by atoms with van der Waals surface area (Å²) in [5.41, 5.74) is 7.28. The van der Waals surface area contributed by atoms with Gasteiger partial charge in [0.2, 0.25) is 0 Å². The van der Waals surface area contributed by atoms with Crippen LogP contribution in [0, 0.1) is 5.41 Å². The van der Waals surface area contributed by atoms with Gasteiger partial charge >= 0.3 is 0 Å². The summed E-state index contributed by atoms with van der Waals surface area (Å²) >= 11 is 0. The van der Waals surface area contributed by atoms with Crippen LogP contribution in [0.5, 0.6) is 5.75 Å². The Morgan fingerprint density at radius 2 is 2.00 bits per heavy atom. The van der Waals surface area contributed by atoms with Gasteiger partial charge in [0, 0.05) is 13.1 Å². The summed E-state index contributed by atoms with van der Waals surface area (Å²) in [6.45, 7) is 9.55. The van der Waals surface area contributed by atoms with Crippen LogP contribution < -0.4 is 10.5 Å². The highest BCUT2D eigenvalue weighted by Crippen LogP contribution is 2.28. The van der Waals surface area contributed by atoms with Crippen molar-refractivity contribution < 1.29 is 4.74 Å². The third-order valence-electron chi connectivity index (χ3n) is 3.79. The Hall–Kier alpha value is -1.06. The van der Waals surface area contributed by atoms with Crippen molar-refractivity contribution in [2.45, 2.75) is 26.7 Å². The van der Waals surface area contributed by atoms with E-state index < -0.39 is 0 Å². The summed E-state index contributed by atoms with van der Waals surface area (Å²) in [6, 6.07) is 8.28. The zero-order valence-electron chi connectivity index (χ0n) is 12.2. The molecule has 0 aliphatic carbocycles. The van der Waals surface area contributed by atoms with Crippen LogP contribution in [0.15, 0.2) is 24.3 Å². The van der Waals surface area contributed by atoms with Crippen molar-refractivity contribution in [3.05, 3.63) is 29.8 Å². The molecule has 2 N–H and O–H groups in total. The van der Waals surface area contributed by atoms with Crippen LogP contribution in [-0.2, 0) is 6.42 Å². The van der Waals surface area contributed by atoms with E-state index in [1.165, 1.54) is 25.1 Å². The zero-order valence-corrected chi connectivity index (χ0v) is 12.2. The van der Waals surface area contributed by atoms with E-state index in [-0.39, 0.29) is 0 Å². The molecule has 0 amide bonds. The summed E-state index contributed by atoms with van der Waals surface area (Å²) in [5, 5.41) is 0. The molecule has 19 heavy (non-hydrogen) atoms. The number of rotatable bonds is 6. The van der Waals surface area contributed by atoms with Crippen molar-refractivity contribution in [3.8, 4) is 5.75 Å². The molecule has 3 nitrogen and oxygen atoms in total. The molecule has 0 unspecified atom stereocenters. The number of nitrogens with zero attached hydrogens (tertiary/aromatic N) is 1. The standard InChI is InChI=1S/C16H26N2O/c1-16(2)8-10-18(13-16)11-12-19-15-5-3-14(4-6-15)7-9-17/h3-6H,7-13,17H2,1-2H3. The number of hydrogen-bond donors (Lipinski definition) is 1. The average Bonchev–Trinajstić information content (AvgIpc) is 2.72. The molecular formula is C16H26N2O. The van der Waals surface area contributed by atoms with Crippen molar-refractivity contribution in [1.82, 2.24) is 4.90 Å². The smallest absolute Gasteiger partial charge is 0.119 e. The van der Waals surface area contributed by atoms with Gasteiger partial charge < -0.3 is 10.5 Å².